The highest BCUT2D eigenvalue weighted by Crippen LogP contribution is 2.31. The fourth-order valence-electron chi connectivity index (χ4n) is 1.30. The maximum atomic E-state index is 11.2. The van der Waals surface area contributed by atoms with Gasteiger partial charge in [0, 0.05) is 9.64 Å². The highest BCUT2D eigenvalue weighted by molar-refractivity contribution is 14.1. The summed E-state index contributed by atoms with van der Waals surface area (Å²) < 4.78 is 4.80. The Morgan fingerprint density at radius 3 is 2.53 bits per heavy atom. The van der Waals surface area contributed by atoms with Crippen LogP contribution < -0.4 is 0 Å². The first kappa shape index (κ1) is 10.0. The van der Waals surface area contributed by atoms with Crippen LogP contribution in [-0.4, -0.2) is 16.9 Å². The Labute approximate surface area is 96.5 Å². The van der Waals surface area contributed by atoms with Gasteiger partial charge in [-0.05, 0) is 28.7 Å². The van der Waals surface area contributed by atoms with Gasteiger partial charge in [-0.3, -0.25) is 10.1 Å². The number of halogens is 1. The second-order valence-corrected chi connectivity index (χ2v) is 4.03. The number of nitro benzene ring substituents is 1. The van der Waals surface area contributed by atoms with Crippen LogP contribution in [0.2, 0.25) is 0 Å². The molecule has 0 atom stereocenters. The Morgan fingerprint density at radius 1 is 1.27 bits per heavy atom. The molecule has 15 heavy (non-hydrogen) atoms. The molecular formula is C8H2INO5. The molecule has 0 fully saturated rings. The number of nitrogens with zero attached hydrogens (tertiary/aromatic N) is 1. The van der Waals surface area contributed by atoms with Crippen molar-refractivity contribution in [2.45, 2.75) is 0 Å². The molecule has 1 aromatic carbocycles. The average Bonchev–Trinajstić information content (AvgIpc) is 2.41. The van der Waals surface area contributed by atoms with Crippen molar-refractivity contribution in [2.75, 3.05) is 0 Å². The van der Waals surface area contributed by atoms with Crippen LogP contribution in [-0.2, 0) is 4.74 Å². The van der Waals surface area contributed by atoms with Gasteiger partial charge in [0.2, 0.25) is 0 Å². The first-order valence-corrected chi connectivity index (χ1v) is 4.83. The second-order valence-electron chi connectivity index (χ2n) is 2.78. The molecule has 0 unspecified atom stereocenters. The summed E-state index contributed by atoms with van der Waals surface area (Å²) in [6, 6.07) is 2.61. The normalized spacial score (nSPS) is 13.7. The van der Waals surface area contributed by atoms with Gasteiger partial charge in [0.25, 0.3) is 5.69 Å². The van der Waals surface area contributed by atoms with E-state index in [2.05, 4.69) is 4.74 Å². The highest BCUT2D eigenvalue weighted by atomic mass is 127. The Morgan fingerprint density at radius 2 is 1.93 bits per heavy atom. The molecule has 1 heterocycles. The summed E-state index contributed by atoms with van der Waals surface area (Å²) in [6.45, 7) is 0. The average molecular weight is 319 g/mol. The molecule has 0 spiro atoms. The predicted molar refractivity (Wildman–Crippen MR) is 55.6 cm³/mol. The molecule has 0 radical (unpaired) electrons. The number of hydrogen-bond donors (Lipinski definition) is 0. The smallest absolute Gasteiger partial charge is 0.353 e. The first-order chi connectivity index (χ1) is 7.00. The summed E-state index contributed by atoms with van der Waals surface area (Å²) in [5.41, 5.74) is -0.697. The second kappa shape index (κ2) is 3.26. The zero-order valence-corrected chi connectivity index (χ0v) is 9.18. The number of fused-ring (bicyclic) bond motifs is 1. The van der Waals surface area contributed by atoms with Crippen LogP contribution in [0.25, 0.3) is 0 Å². The molecule has 0 saturated carbocycles. The van der Waals surface area contributed by atoms with Crippen molar-refractivity contribution in [3.8, 4) is 0 Å². The summed E-state index contributed by atoms with van der Waals surface area (Å²) in [7, 11) is 0. The number of hydrogen-bond acceptors (Lipinski definition) is 5. The quantitative estimate of drug-likeness (QED) is 0.257. The predicted octanol–water partition coefficient (Wildman–Crippen LogP) is 1.51. The molecule has 0 amide bonds. The van der Waals surface area contributed by atoms with Gasteiger partial charge in [0.05, 0.1) is 10.5 Å². The molecule has 0 saturated heterocycles. The molecule has 0 bridgehead atoms. The summed E-state index contributed by atoms with van der Waals surface area (Å²) in [4.78, 5) is 32.2. The van der Waals surface area contributed by atoms with Crippen molar-refractivity contribution >= 4 is 40.2 Å². The standard InChI is InChI=1S/C8H2INO5/c9-3-1-4-6(5(2-3)10(13)14)8(12)15-7(4)11/h1-2H. The summed E-state index contributed by atoms with van der Waals surface area (Å²) in [5, 5.41) is 10.6. The molecule has 6 nitrogen and oxygen atoms in total. The SMILES string of the molecule is O=C1OC(=O)c2c1cc(I)cc2[N+](=O)[O-]. The van der Waals surface area contributed by atoms with Gasteiger partial charge in [-0.15, -0.1) is 0 Å². The van der Waals surface area contributed by atoms with Crippen LogP contribution in [0.5, 0.6) is 0 Å². The number of ether oxygens (including phenoxy) is 1. The summed E-state index contributed by atoms with van der Waals surface area (Å²) in [6.07, 6.45) is 0. The summed E-state index contributed by atoms with van der Waals surface area (Å²) >= 11 is 1.83. The molecule has 2 rings (SSSR count). The van der Waals surface area contributed by atoms with Crippen molar-refractivity contribution < 1.29 is 19.2 Å². The molecule has 76 valence electrons. The largest absolute Gasteiger partial charge is 0.385 e. The molecule has 1 aromatic rings. The summed E-state index contributed by atoms with van der Waals surface area (Å²) in [5.74, 6) is -1.80. The third-order valence-corrected chi connectivity index (χ3v) is 2.51. The third-order valence-electron chi connectivity index (χ3n) is 1.89. The van der Waals surface area contributed by atoms with E-state index in [0.717, 1.165) is 0 Å². The van der Waals surface area contributed by atoms with E-state index >= 15 is 0 Å². The number of benzene rings is 1. The topological polar surface area (TPSA) is 86.5 Å². The lowest BCUT2D eigenvalue weighted by Gasteiger charge is -1.96. The van der Waals surface area contributed by atoms with Gasteiger partial charge in [-0.2, -0.15) is 0 Å². The number of nitro groups is 1. The lowest BCUT2D eigenvalue weighted by atomic mass is 10.1. The third kappa shape index (κ3) is 1.48. The Hall–Kier alpha value is -1.51. The van der Waals surface area contributed by atoms with E-state index in [0.29, 0.717) is 3.57 Å². The fourth-order valence-corrected chi connectivity index (χ4v) is 1.91. The number of esters is 2. The van der Waals surface area contributed by atoms with Crippen LogP contribution in [0.15, 0.2) is 12.1 Å². The minimum atomic E-state index is -0.960. The van der Waals surface area contributed by atoms with Crippen LogP contribution >= 0.6 is 22.6 Å². The van der Waals surface area contributed by atoms with Gasteiger partial charge in [-0.25, -0.2) is 9.59 Å². The van der Waals surface area contributed by atoms with E-state index in [-0.39, 0.29) is 11.1 Å². The molecular weight excluding hydrogens is 317 g/mol. The molecule has 0 N–H and O–H groups in total. The van der Waals surface area contributed by atoms with Crippen LogP contribution in [0.1, 0.15) is 20.7 Å². The molecule has 0 aromatic heterocycles. The Bertz CT molecular complexity index is 510. The highest BCUT2D eigenvalue weighted by Gasteiger charge is 2.37. The van der Waals surface area contributed by atoms with E-state index < -0.39 is 22.5 Å². The van der Waals surface area contributed by atoms with E-state index in [4.69, 9.17) is 0 Å². The molecule has 7 heteroatoms. The van der Waals surface area contributed by atoms with Crippen LogP contribution in [0.4, 0.5) is 5.69 Å². The van der Waals surface area contributed by atoms with Crippen molar-refractivity contribution in [2.24, 2.45) is 0 Å². The maximum Gasteiger partial charge on any atom is 0.353 e. The minimum absolute atomic E-state index is 0.0430. The Balaban J connectivity index is 2.79. The van der Waals surface area contributed by atoms with E-state index in [1.54, 1.807) is 0 Å². The number of rotatable bonds is 1. The lowest BCUT2D eigenvalue weighted by Crippen LogP contribution is -2.01. The van der Waals surface area contributed by atoms with Gasteiger partial charge >= 0.3 is 11.9 Å². The lowest BCUT2D eigenvalue weighted by molar-refractivity contribution is -0.385. The van der Waals surface area contributed by atoms with Crippen molar-refractivity contribution in [1.82, 2.24) is 0 Å². The van der Waals surface area contributed by atoms with Crippen LogP contribution in [0.3, 0.4) is 0 Å². The van der Waals surface area contributed by atoms with E-state index in [1.807, 2.05) is 22.6 Å². The van der Waals surface area contributed by atoms with E-state index in [1.165, 1.54) is 12.1 Å². The van der Waals surface area contributed by atoms with Crippen molar-refractivity contribution in [3.63, 3.8) is 0 Å². The van der Waals surface area contributed by atoms with Gasteiger partial charge < -0.3 is 4.74 Å². The van der Waals surface area contributed by atoms with Gasteiger partial charge in [0.1, 0.15) is 0 Å². The van der Waals surface area contributed by atoms with Crippen molar-refractivity contribution in [1.29, 1.82) is 0 Å². The number of carbonyl (C=O) groups is 2. The number of cyclic esters (lactones) is 2. The zero-order chi connectivity index (χ0) is 11.2. The monoisotopic (exact) mass is 319 g/mol. The zero-order valence-electron chi connectivity index (χ0n) is 7.02. The first-order valence-electron chi connectivity index (χ1n) is 3.75. The van der Waals surface area contributed by atoms with Gasteiger partial charge in [0.15, 0.2) is 5.56 Å². The van der Waals surface area contributed by atoms with E-state index in [9.17, 15) is 19.7 Å². The van der Waals surface area contributed by atoms with Crippen molar-refractivity contribution in [3.05, 3.63) is 36.9 Å². The number of carbonyl (C=O) groups excluding carboxylic acids is 2. The molecule has 1 aliphatic heterocycles. The van der Waals surface area contributed by atoms with Gasteiger partial charge in [-0.1, -0.05) is 0 Å². The Kier molecular flexibility index (Phi) is 2.18. The molecule has 1 aliphatic rings. The maximum absolute atomic E-state index is 11.2. The minimum Gasteiger partial charge on any atom is -0.385 e. The fraction of sp³-hybridized carbons (Fsp3) is 0. The van der Waals surface area contributed by atoms with Crippen LogP contribution in [0, 0.1) is 13.7 Å². The molecule has 0 aliphatic carbocycles.